The van der Waals surface area contributed by atoms with E-state index in [0.717, 1.165) is 5.56 Å². The van der Waals surface area contributed by atoms with Gasteiger partial charge in [-0.15, -0.1) is 0 Å². The molecule has 0 aliphatic rings. The zero-order chi connectivity index (χ0) is 11.3. The van der Waals surface area contributed by atoms with Gasteiger partial charge in [0.2, 0.25) is 5.91 Å². The third-order valence-electron chi connectivity index (χ3n) is 2.42. The molecule has 82 valence electrons. The second-order valence-corrected chi connectivity index (χ2v) is 3.72. The van der Waals surface area contributed by atoms with Crippen molar-refractivity contribution in [3.8, 4) is 0 Å². The first kappa shape index (κ1) is 11.7. The quantitative estimate of drug-likeness (QED) is 0.763. The highest BCUT2D eigenvalue weighted by Crippen LogP contribution is 2.01. The molecule has 0 radical (unpaired) electrons. The molecule has 15 heavy (non-hydrogen) atoms. The Labute approximate surface area is 89.9 Å². The van der Waals surface area contributed by atoms with Crippen molar-refractivity contribution in [2.24, 2.45) is 11.7 Å². The fraction of sp³-hybridized carbons (Fsp3) is 0.455. The lowest BCUT2D eigenvalue weighted by Gasteiger charge is -2.15. The molecule has 1 aromatic rings. The van der Waals surface area contributed by atoms with Crippen LogP contribution in [0, 0.1) is 5.92 Å². The van der Waals surface area contributed by atoms with E-state index in [1.54, 1.807) is 12.4 Å². The SMILES string of the molecule is CC(N)C(C)C(=O)NCc1ccncc1. The summed E-state index contributed by atoms with van der Waals surface area (Å²) in [4.78, 5) is 15.5. The van der Waals surface area contributed by atoms with Gasteiger partial charge in [0.1, 0.15) is 0 Å². The lowest BCUT2D eigenvalue weighted by atomic mass is 10.0. The Morgan fingerprint density at radius 1 is 1.47 bits per heavy atom. The van der Waals surface area contributed by atoms with E-state index in [9.17, 15) is 4.79 Å². The zero-order valence-corrected chi connectivity index (χ0v) is 9.10. The number of nitrogens with one attached hydrogen (secondary N) is 1. The molecule has 0 spiro atoms. The summed E-state index contributed by atoms with van der Waals surface area (Å²) in [6, 6.07) is 3.62. The normalized spacial score (nSPS) is 14.3. The van der Waals surface area contributed by atoms with Gasteiger partial charge in [0, 0.05) is 30.9 Å². The van der Waals surface area contributed by atoms with E-state index < -0.39 is 0 Å². The summed E-state index contributed by atoms with van der Waals surface area (Å²) < 4.78 is 0. The highest BCUT2D eigenvalue weighted by Gasteiger charge is 2.16. The van der Waals surface area contributed by atoms with Crippen LogP contribution in [0.5, 0.6) is 0 Å². The van der Waals surface area contributed by atoms with Crippen LogP contribution in [-0.4, -0.2) is 16.9 Å². The number of nitrogens with two attached hydrogens (primary N) is 1. The van der Waals surface area contributed by atoms with Crippen molar-refractivity contribution < 1.29 is 4.79 Å². The maximum Gasteiger partial charge on any atom is 0.224 e. The molecule has 1 amide bonds. The highest BCUT2D eigenvalue weighted by molar-refractivity contribution is 5.78. The molecule has 1 aromatic heterocycles. The van der Waals surface area contributed by atoms with E-state index in [1.165, 1.54) is 0 Å². The number of amides is 1. The van der Waals surface area contributed by atoms with Gasteiger partial charge in [0.05, 0.1) is 0 Å². The monoisotopic (exact) mass is 207 g/mol. The Morgan fingerprint density at radius 3 is 2.60 bits per heavy atom. The number of hydrogen-bond acceptors (Lipinski definition) is 3. The molecular formula is C11H17N3O. The van der Waals surface area contributed by atoms with Gasteiger partial charge in [-0.3, -0.25) is 9.78 Å². The van der Waals surface area contributed by atoms with Crippen LogP contribution >= 0.6 is 0 Å². The van der Waals surface area contributed by atoms with Crippen molar-refractivity contribution in [2.45, 2.75) is 26.4 Å². The molecule has 1 rings (SSSR count). The number of carbonyl (C=O) groups is 1. The van der Waals surface area contributed by atoms with E-state index >= 15 is 0 Å². The summed E-state index contributed by atoms with van der Waals surface area (Å²) in [5.74, 6) is -0.173. The molecule has 4 heteroatoms. The number of hydrogen-bond donors (Lipinski definition) is 2. The third kappa shape index (κ3) is 3.67. The van der Waals surface area contributed by atoms with E-state index in [0.29, 0.717) is 6.54 Å². The topological polar surface area (TPSA) is 68.0 Å². The number of aromatic nitrogens is 1. The van der Waals surface area contributed by atoms with E-state index in [1.807, 2.05) is 26.0 Å². The van der Waals surface area contributed by atoms with Gasteiger partial charge in [0.15, 0.2) is 0 Å². The molecule has 0 saturated heterocycles. The molecule has 0 aromatic carbocycles. The first-order valence-corrected chi connectivity index (χ1v) is 5.03. The lowest BCUT2D eigenvalue weighted by Crippen LogP contribution is -2.38. The fourth-order valence-electron chi connectivity index (χ4n) is 1.09. The Balaban J connectivity index is 2.41. The van der Waals surface area contributed by atoms with Crippen LogP contribution in [-0.2, 0) is 11.3 Å². The van der Waals surface area contributed by atoms with Gasteiger partial charge >= 0.3 is 0 Å². The predicted octanol–water partition coefficient (Wildman–Crippen LogP) is 0.681. The Hall–Kier alpha value is -1.42. The molecule has 2 unspecified atom stereocenters. The molecule has 1 heterocycles. The van der Waals surface area contributed by atoms with Crippen LogP contribution < -0.4 is 11.1 Å². The lowest BCUT2D eigenvalue weighted by molar-refractivity contribution is -0.125. The standard InChI is InChI=1S/C11H17N3O/c1-8(9(2)12)11(15)14-7-10-3-5-13-6-4-10/h3-6,8-9H,7,12H2,1-2H3,(H,14,15). The van der Waals surface area contributed by atoms with Crippen molar-refractivity contribution >= 4 is 5.91 Å². The smallest absolute Gasteiger partial charge is 0.224 e. The second kappa shape index (κ2) is 5.46. The van der Waals surface area contributed by atoms with Crippen molar-refractivity contribution in [1.29, 1.82) is 0 Å². The molecule has 0 saturated carbocycles. The summed E-state index contributed by atoms with van der Waals surface area (Å²) in [6.45, 7) is 4.18. The molecule has 3 N–H and O–H groups in total. The number of carbonyl (C=O) groups excluding carboxylic acids is 1. The summed E-state index contributed by atoms with van der Waals surface area (Å²) in [5.41, 5.74) is 6.67. The minimum atomic E-state index is -0.160. The van der Waals surface area contributed by atoms with Crippen LogP contribution in [0.4, 0.5) is 0 Å². The van der Waals surface area contributed by atoms with Crippen LogP contribution in [0.2, 0.25) is 0 Å². The largest absolute Gasteiger partial charge is 0.352 e. The van der Waals surface area contributed by atoms with E-state index in [2.05, 4.69) is 10.3 Å². The molecule has 4 nitrogen and oxygen atoms in total. The van der Waals surface area contributed by atoms with Crippen LogP contribution in [0.3, 0.4) is 0 Å². The van der Waals surface area contributed by atoms with Gasteiger partial charge in [-0.2, -0.15) is 0 Å². The summed E-state index contributed by atoms with van der Waals surface area (Å²) >= 11 is 0. The number of nitrogens with zero attached hydrogens (tertiary/aromatic N) is 1. The first-order valence-electron chi connectivity index (χ1n) is 5.03. The summed E-state index contributed by atoms with van der Waals surface area (Å²) in [7, 11) is 0. The van der Waals surface area contributed by atoms with Gasteiger partial charge in [0.25, 0.3) is 0 Å². The fourth-order valence-corrected chi connectivity index (χ4v) is 1.09. The van der Waals surface area contributed by atoms with Gasteiger partial charge in [-0.25, -0.2) is 0 Å². The molecule has 0 aliphatic heterocycles. The van der Waals surface area contributed by atoms with Gasteiger partial charge in [-0.05, 0) is 24.6 Å². The molecule has 0 bridgehead atoms. The van der Waals surface area contributed by atoms with Crippen LogP contribution in [0.1, 0.15) is 19.4 Å². The average molecular weight is 207 g/mol. The van der Waals surface area contributed by atoms with Gasteiger partial charge < -0.3 is 11.1 Å². The molecular weight excluding hydrogens is 190 g/mol. The highest BCUT2D eigenvalue weighted by atomic mass is 16.1. The number of pyridine rings is 1. The maximum absolute atomic E-state index is 11.6. The third-order valence-corrected chi connectivity index (χ3v) is 2.42. The summed E-state index contributed by atoms with van der Waals surface area (Å²) in [5, 5.41) is 2.83. The van der Waals surface area contributed by atoms with E-state index in [-0.39, 0.29) is 17.9 Å². The minimum absolute atomic E-state index is 0.0122. The second-order valence-electron chi connectivity index (χ2n) is 3.72. The van der Waals surface area contributed by atoms with Crippen molar-refractivity contribution in [2.75, 3.05) is 0 Å². The molecule has 0 fully saturated rings. The van der Waals surface area contributed by atoms with Crippen LogP contribution in [0.15, 0.2) is 24.5 Å². The zero-order valence-electron chi connectivity index (χ0n) is 9.10. The van der Waals surface area contributed by atoms with Gasteiger partial charge in [-0.1, -0.05) is 6.92 Å². The molecule has 0 aliphatic carbocycles. The van der Waals surface area contributed by atoms with Crippen LogP contribution in [0.25, 0.3) is 0 Å². The Kier molecular flexibility index (Phi) is 4.24. The Bertz CT molecular complexity index is 311. The first-order chi connectivity index (χ1) is 7.11. The summed E-state index contributed by atoms with van der Waals surface area (Å²) in [6.07, 6.45) is 3.41. The Morgan fingerprint density at radius 2 is 2.07 bits per heavy atom. The van der Waals surface area contributed by atoms with E-state index in [4.69, 9.17) is 5.73 Å². The predicted molar refractivity (Wildman–Crippen MR) is 58.9 cm³/mol. The van der Waals surface area contributed by atoms with Crippen molar-refractivity contribution in [3.63, 3.8) is 0 Å². The van der Waals surface area contributed by atoms with Crippen molar-refractivity contribution in [1.82, 2.24) is 10.3 Å². The van der Waals surface area contributed by atoms with Crippen molar-refractivity contribution in [3.05, 3.63) is 30.1 Å². The maximum atomic E-state index is 11.6. The number of rotatable bonds is 4. The average Bonchev–Trinajstić information content (AvgIpc) is 2.26. The molecule has 2 atom stereocenters. The minimum Gasteiger partial charge on any atom is -0.352 e.